The van der Waals surface area contributed by atoms with Crippen molar-refractivity contribution in [3.05, 3.63) is 76.8 Å². The summed E-state index contributed by atoms with van der Waals surface area (Å²) >= 11 is 1.68. The second kappa shape index (κ2) is 9.50. The van der Waals surface area contributed by atoms with Crippen LogP contribution in [0.15, 0.2) is 69.8 Å². The molecule has 0 unspecified atom stereocenters. The minimum Gasteiger partial charge on any atom is -0.493 e. The minimum absolute atomic E-state index is 0.435. The zero-order valence-electron chi connectivity index (χ0n) is 18.7. The van der Waals surface area contributed by atoms with Gasteiger partial charge in [0.25, 0.3) is 0 Å². The Morgan fingerprint density at radius 2 is 1.67 bits per heavy atom. The highest BCUT2D eigenvalue weighted by molar-refractivity contribution is 7.08. The van der Waals surface area contributed by atoms with E-state index in [1.54, 1.807) is 35.6 Å². The van der Waals surface area contributed by atoms with Gasteiger partial charge in [-0.15, -0.1) is 0 Å². The van der Waals surface area contributed by atoms with E-state index in [1.165, 1.54) is 25.0 Å². The lowest BCUT2D eigenvalue weighted by Gasteiger charge is -2.21. The molecular formula is C26H25NO5S. The maximum Gasteiger partial charge on any atom is 0.347 e. The lowest BCUT2D eigenvalue weighted by atomic mass is 10.1. The summed E-state index contributed by atoms with van der Waals surface area (Å²) in [6.07, 6.45) is 0.604. The Kier molecular flexibility index (Phi) is 6.51. The first-order valence-electron chi connectivity index (χ1n) is 10.6. The van der Waals surface area contributed by atoms with Crippen molar-refractivity contribution >= 4 is 17.3 Å². The van der Waals surface area contributed by atoms with Crippen molar-refractivity contribution in [3.8, 4) is 34.1 Å². The fourth-order valence-corrected chi connectivity index (χ4v) is 3.89. The number of aliphatic carboxylic acids is 1. The SMILES string of the molecule is Cc1oc(-c2ccc(-c3ccsc3)cc2)nc1CCOc1ccc(OC(C)(C)C(=O)O)cc1. The molecule has 2 heterocycles. The van der Waals surface area contributed by atoms with Crippen LogP contribution in [0.4, 0.5) is 0 Å². The summed E-state index contributed by atoms with van der Waals surface area (Å²) in [6.45, 7) is 5.35. The van der Waals surface area contributed by atoms with E-state index in [2.05, 4.69) is 33.9 Å². The highest BCUT2D eigenvalue weighted by Gasteiger charge is 2.29. The average Bonchev–Trinajstić information content (AvgIpc) is 3.45. The third-order valence-electron chi connectivity index (χ3n) is 5.20. The molecule has 4 rings (SSSR count). The van der Waals surface area contributed by atoms with Crippen LogP contribution in [0.25, 0.3) is 22.6 Å². The Hall–Kier alpha value is -3.58. The number of aromatic nitrogens is 1. The fraction of sp³-hybridized carbons (Fsp3) is 0.231. The normalized spacial score (nSPS) is 11.4. The van der Waals surface area contributed by atoms with E-state index in [0.29, 0.717) is 30.4 Å². The third kappa shape index (κ3) is 5.43. The van der Waals surface area contributed by atoms with Crippen molar-refractivity contribution in [2.24, 2.45) is 0 Å². The number of aryl methyl sites for hydroxylation is 1. The summed E-state index contributed by atoms with van der Waals surface area (Å²) in [6, 6.07) is 17.2. The number of ether oxygens (including phenoxy) is 2. The molecule has 0 aliphatic heterocycles. The van der Waals surface area contributed by atoms with Crippen LogP contribution in [0.5, 0.6) is 11.5 Å². The van der Waals surface area contributed by atoms with E-state index in [4.69, 9.17) is 19.0 Å². The van der Waals surface area contributed by atoms with E-state index in [1.807, 2.05) is 19.1 Å². The van der Waals surface area contributed by atoms with E-state index in [0.717, 1.165) is 17.0 Å². The van der Waals surface area contributed by atoms with Gasteiger partial charge in [0.15, 0.2) is 5.60 Å². The number of nitrogens with zero attached hydrogens (tertiary/aromatic N) is 1. The maximum atomic E-state index is 11.2. The molecule has 0 aliphatic carbocycles. The summed E-state index contributed by atoms with van der Waals surface area (Å²) in [5, 5.41) is 13.4. The molecule has 0 saturated heterocycles. The maximum absolute atomic E-state index is 11.2. The molecule has 0 spiro atoms. The van der Waals surface area contributed by atoms with Gasteiger partial charge in [-0.25, -0.2) is 9.78 Å². The number of thiophene rings is 1. The van der Waals surface area contributed by atoms with Gasteiger partial charge in [-0.3, -0.25) is 0 Å². The van der Waals surface area contributed by atoms with Crippen molar-refractivity contribution < 1.29 is 23.8 Å². The van der Waals surface area contributed by atoms with Gasteiger partial charge < -0.3 is 19.0 Å². The molecule has 1 N–H and O–H groups in total. The van der Waals surface area contributed by atoms with Crippen LogP contribution < -0.4 is 9.47 Å². The number of carboxylic acid groups (broad SMARTS) is 1. The first-order chi connectivity index (χ1) is 15.8. The Balaban J connectivity index is 1.34. The van der Waals surface area contributed by atoms with Crippen molar-refractivity contribution in [1.29, 1.82) is 0 Å². The molecule has 0 fully saturated rings. The topological polar surface area (TPSA) is 81.8 Å². The van der Waals surface area contributed by atoms with Gasteiger partial charge in [-0.05, 0) is 85.1 Å². The van der Waals surface area contributed by atoms with Crippen molar-refractivity contribution in [3.63, 3.8) is 0 Å². The third-order valence-corrected chi connectivity index (χ3v) is 5.88. The monoisotopic (exact) mass is 463 g/mol. The lowest BCUT2D eigenvalue weighted by Crippen LogP contribution is -2.37. The van der Waals surface area contributed by atoms with Crippen LogP contribution in [-0.4, -0.2) is 28.3 Å². The van der Waals surface area contributed by atoms with Gasteiger partial charge in [0.2, 0.25) is 5.89 Å². The van der Waals surface area contributed by atoms with Crippen molar-refractivity contribution in [2.75, 3.05) is 6.61 Å². The molecule has 4 aromatic rings. The number of benzene rings is 2. The Morgan fingerprint density at radius 1 is 1.00 bits per heavy atom. The van der Waals surface area contributed by atoms with Gasteiger partial charge in [0.1, 0.15) is 17.3 Å². The fourth-order valence-electron chi connectivity index (χ4n) is 3.23. The number of hydrogen-bond acceptors (Lipinski definition) is 6. The summed E-state index contributed by atoms with van der Waals surface area (Å²) in [5.74, 6) is 1.48. The first-order valence-corrected chi connectivity index (χ1v) is 11.5. The Morgan fingerprint density at radius 3 is 2.30 bits per heavy atom. The quantitative estimate of drug-likeness (QED) is 0.316. The van der Waals surface area contributed by atoms with Crippen molar-refractivity contribution in [1.82, 2.24) is 4.98 Å². The van der Waals surface area contributed by atoms with Crippen LogP contribution >= 0.6 is 11.3 Å². The number of carbonyl (C=O) groups is 1. The molecule has 2 aromatic carbocycles. The summed E-state index contributed by atoms with van der Waals surface area (Å²) in [4.78, 5) is 15.8. The zero-order chi connectivity index (χ0) is 23.4. The van der Waals surface area contributed by atoms with Crippen molar-refractivity contribution in [2.45, 2.75) is 32.8 Å². The molecule has 6 nitrogen and oxygen atoms in total. The van der Waals surface area contributed by atoms with Crippen LogP contribution in [-0.2, 0) is 11.2 Å². The lowest BCUT2D eigenvalue weighted by molar-refractivity contribution is -0.152. The van der Waals surface area contributed by atoms with E-state index in [9.17, 15) is 4.79 Å². The highest BCUT2D eigenvalue weighted by atomic mass is 32.1. The van der Waals surface area contributed by atoms with E-state index in [-0.39, 0.29) is 0 Å². The van der Waals surface area contributed by atoms with Crippen LogP contribution in [0.1, 0.15) is 25.3 Å². The Labute approximate surface area is 196 Å². The van der Waals surface area contributed by atoms with Crippen LogP contribution in [0, 0.1) is 6.92 Å². The molecule has 7 heteroatoms. The average molecular weight is 464 g/mol. The van der Waals surface area contributed by atoms with Crippen LogP contribution in [0.3, 0.4) is 0 Å². The molecule has 2 aromatic heterocycles. The minimum atomic E-state index is -1.30. The smallest absolute Gasteiger partial charge is 0.347 e. The van der Waals surface area contributed by atoms with Gasteiger partial charge in [0.05, 0.1) is 12.3 Å². The molecular weight excluding hydrogens is 438 g/mol. The number of carboxylic acids is 1. The summed E-state index contributed by atoms with van der Waals surface area (Å²) in [7, 11) is 0. The number of rotatable bonds is 9. The predicted molar refractivity (Wildman–Crippen MR) is 128 cm³/mol. The van der Waals surface area contributed by atoms with Gasteiger partial charge >= 0.3 is 5.97 Å². The van der Waals surface area contributed by atoms with Gasteiger partial charge in [-0.1, -0.05) is 12.1 Å². The molecule has 170 valence electrons. The first kappa shape index (κ1) is 22.6. The summed E-state index contributed by atoms with van der Waals surface area (Å²) in [5.41, 5.74) is 2.87. The number of oxazole rings is 1. The molecule has 0 bridgehead atoms. The van der Waals surface area contributed by atoms with E-state index < -0.39 is 11.6 Å². The molecule has 0 aliphatic rings. The second-order valence-electron chi connectivity index (χ2n) is 8.10. The predicted octanol–water partition coefficient (Wildman–Crippen LogP) is 6.24. The summed E-state index contributed by atoms with van der Waals surface area (Å²) < 4.78 is 17.2. The number of hydrogen-bond donors (Lipinski definition) is 1. The van der Waals surface area contributed by atoms with Crippen LogP contribution in [0.2, 0.25) is 0 Å². The largest absolute Gasteiger partial charge is 0.493 e. The molecule has 0 atom stereocenters. The molecule has 0 radical (unpaired) electrons. The molecule has 33 heavy (non-hydrogen) atoms. The molecule has 0 saturated carbocycles. The Bertz CT molecular complexity index is 1210. The zero-order valence-corrected chi connectivity index (χ0v) is 19.5. The van der Waals surface area contributed by atoms with Gasteiger partial charge in [-0.2, -0.15) is 11.3 Å². The van der Waals surface area contributed by atoms with E-state index >= 15 is 0 Å². The standard InChI is InChI=1S/C26H25NO5S/c1-17-23(12-14-30-21-8-10-22(11-9-21)32-26(2,3)25(28)29)27-24(31-17)19-6-4-18(5-7-19)20-13-15-33-16-20/h4-11,13,15-16H,12,14H2,1-3H3,(H,28,29). The molecule has 0 amide bonds. The highest BCUT2D eigenvalue weighted by Crippen LogP contribution is 2.27. The van der Waals surface area contributed by atoms with Gasteiger partial charge in [0, 0.05) is 12.0 Å². The second-order valence-corrected chi connectivity index (χ2v) is 8.88.